The zero-order chi connectivity index (χ0) is 10.0. The molecule has 0 aliphatic carbocycles. The minimum absolute atomic E-state index is 0.710. The third-order valence-corrected chi connectivity index (χ3v) is 1.05. The van der Waals surface area contributed by atoms with Gasteiger partial charge in [-0.15, -0.1) is 0 Å². The van der Waals surface area contributed by atoms with E-state index in [1.165, 1.54) is 0 Å². The zero-order valence-corrected chi connectivity index (χ0v) is 5.82. The van der Waals surface area contributed by atoms with Crippen molar-refractivity contribution in [3.8, 4) is 0 Å². The highest BCUT2D eigenvalue weighted by Crippen LogP contribution is 1.99. The lowest BCUT2D eigenvalue weighted by Crippen LogP contribution is -2.27. The Labute approximate surface area is 69.1 Å². The number of rotatable bonds is 0. The van der Waals surface area contributed by atoms with Crippen LogP contribution in [0.4, 0.5) is 0 Å². The molecule has 0 aromatic rings. The van der Waals surface area contributed by atoms with Gasteiger partial charge in [-0.3, -0.25) is 0 Å². The molecule has 1 rings (SSSR count). The molecule has 0 bridgehead atoms. The molecule has 0 radical (unpaired) electrons. The molecule has 0 unspecified atom stereocenters. The third-order valence-electron chi connectivity index (χ3n) is 1.05. The first kappa shape index (κ1) is 8.62. The van der Waals surface area contributed by atoms with Crippen molar-refractivity contribution in [2.45, 2.75) is 0 Å². The van der Waals surface area contributed by atoms with E-state index in [2.05, 4.69) is 14.8 Å². The van der Waals surface area contributed by atoms with Crippen molar-refractivity contribution in [3.63, 3.8) is 0 Å². The molecular weight excluding hydrogens is 184 g/mol. The van der Waals surface area contributed by atoms with Gasteiger partial charge in [0, 0.05) is 0 Å². The fraction of sp³-hybridized carbons (Fsp3) is 0. The first-order chi connectivity index (χ1) is 6.06. The van der Waals surface area contributed by atoms with Crippen LogP contribution in [0.3, 0.4) is 0 Å². The normalized spacial score (nSPS) is 14.6. The maximum absolute atomic E-state index is 10.1. The van der Waals surface area contributed by atoms with Crippen LogP contribution in [0.15, 0.2) is 9.98 Å². The first-order valence-electron chi connectivity index (χ1n) is 2.75. The van der Waals surface area contributed by atoms with E-state index in [0.29, 0.717) is 0 Å². The Kier molecular flexibility index (Phi) is 1.90. The van der Waals surface area contributed by atoms with E-state index in [-0.39, 0.29) is 0 Å². The smallest absolute Gasteiger partial charge is 0.541 e. The number of hydrogen-bond acceptors (Lipinski definition) is 4. The molecule has 1 aliphatic heterocycles. The van der Waals surface area contributed by atoms with Crippen LogP contribution in [0.5, 0.6) is 0 Å². The second kappa shape index (κ2) is 2.87. The van der Waals surface area contributed by atoms with Gasteiger partial charge in [0.05, 0.1) is 9.98 Å². The summed E-state index contributed by atoms with van der Waals surface area (Å²) in [6.07, 6.45) is 0. The molecule has 10 heteroatoms. The molecule has 0 fully saturated rings. The van der Waals surface area contributed by atoms with E-state index in [4.69, 9.17) is 5.53 Å². The summed E-state index contributed by atoms with van der Waals surface area (Å²) in [5.41, 5.74) is 8.09. The summed E-state index contributed by atoms with van der Waals surface area (Å²) in [6.45, 7) is 0. The van der Waals surface area contributed by atoms with Crippen LogP contribution in [-0.2, 0) is 0 Å². The summed E-state index contributed by atoms with van der Waals surface area (Å²) < 4.78 is 0. The van der Waals surface area contributed by atoms with Gasteiger partial charge in [0.15, 0.2) is 0 Å². The predicted molar refractivity (Wildman–Crippen MR) is 37.5 cm³/mol. The summed E-state index contributed by atoms with van der Waals surface area (Å²) in [5, 5.41) is 20.3. The van der Waals surface area contributed by atoms with E-state index in [1.807, 2.05) is 0 Å². The van der Waals surface area contributed by atoms with Gasteiger partial charge in [-0.05, 0) is 9.85 Å². The maximum Gasteiger partial charge on any atom is 0.587 e. The molecule has 0 atom stereocenters. The van der Waals surface area contributed by atoms with E-state index in [1.54, 1.807) is 0 Å². The lowest BCUT2D eigenvalue weighted by atomic mass is 10.6. The summed E-state index contributed by atoms with van der Waals surface area (Å²) in [5.74, 6) is -2.80. The Morgan fingerprint density at radius 2 is 1.54 bits per heavy atom. The Hall–Kier alpha value is -2.48. The highest BCUT2D eigenvalue weighted by atomic mass is 16.6. The van der Waals surface area contributed by atoms with E-state index in [9.17, 15) is 20.2 Å². The molecule has 13 heavy (non-hydrogen) atoms. The van der Waals surface area contributed by atoms with E-state index < -0.39 is 27.5 Å². The van der Waals surface area contributed by atoms with Crippen molar-refractivity contribution in [2.24, 2.45) is 9.98 Å². The monoisotopic (exact) mass is 184 g/mol. The number of guanidine groups is 1. The molecule has 0 aromatic heterocycles. The van der Waals surface area contributed by atoms with Crippen LogP contribution in [0.1, 0.15) is 0 Å². The largest absolute Gasteiger partial charge is 0.587 e. The van der Waals surface area contributed by atoms with Gasteiger partial charge in [0.2, 0.25) is 0 Å². The number of amidine groups is 2. The highest BCUT2D eigenvalue weighted by molar-refractivity contribution is 6.39. The minimum atomic E-state index is -1.08. The third kappa shape index (κ3) is 1.41. The Morgan fingerprint density at radius 3 is 1.77 bits per heavy atom. The quantitative estimate of drug-likeness (QED) is 0.204. The zero-order valence-electron chi connectivity index (χ0n) is 5.82. The summed E-state index contributed by atoms with van der Waals surface area (Å²) in [6, 6.07) is 0. The van der Waals surface area contributed by atoms with Crippen LogP contribution in [0.2, 0.25) is 0 Å². The van der Waals surface area contributed by atoms with Crippen molar-refractivity contribution in [1.29, 1.82) is 0 Å². The molecule has 0 aromatic carbocycles. The van der Waals surface area contributed by atoms with Gasteiger partial charge in [-0.2, -0.15) is 0 Å². The topological polar surface area (TPSA) is 147 Å². The average molecular weight is 184 g/mol. The van der Waals surface area contributed by atoms with Gasteiger partial charge >= 0.3 is 17.6 Å². The number of nitro groups is 2. The van der Waals surface area contributed by atoms with Gasteiger partial charge in [-0.1, -0.05) is 0 Å². The van der Waals surface area contributed by atoms with Gasteiger partial charge in [0.1, 0.15) is 0 Å². The van der Waals surface area contributed by atoms with Crippen molar-refractivity contribution in [3.05, 3.63) is 25.8 Å². The summed E-state index contributed by atoms with van der Waals surface area (Å²) >= 11 is 0. The second-order valence-corrected chi connectivity index (χ2v) is 1.79. The second-order valence-electron chi connectivity index (χ2n) is 1.79. The van der Waals surface area contributed by atoms with Crippen molar-refractivity contribution < 1.29 is 14.6 Å². The van der Waals surface area contributed by atoms with Gasteiger partial charge < -0.3 is 30.5 Å². The highest BCUT2D eigenvalue weighted by Gasteiger charge is 2.44. The number of aliphatic imine (C=N–C) groups is 2. The first-order valence-corrected chi connectivity index (χ1v) is 2.75. The van der Waals surface area contributed by atoms with Crippen LogP contribution < -0.4 is 0 Å². The molecule has 1 aliphatic rings. The summed E-state index contributed by atoms with van der Waals surface area (Å²) in [4.78, 5) is 26.4. The number of hydrogen-bond donors (Lipinski definition) is 0. The molecule has 1 heterocycles. The molecule has 0 spiro atoms. The fourth-order valence-corrected chi connectivity index (χ4v) is 0.604. The molecule has 0 amide bonds. The van der Waals surface area contributed by atoms with Gasteiger partial charge in [-0.25, -0.2) is 0 Å². The lowest BCUT2D eigenvalue weighted by molar-refractivity contribution is -0.378. The standard InChI is InChI=1S/C3N6O4/c4-7-3-5-1(8(10)11)2(6-3)9(12)13. The van der Waals surface area contributed by atoms with Crippen LogP contribution in [-0.4, -0.2) is 32.3 Å². The van der Waals surface area contributed by atoms with Gasteiger partial charge in [0.25, 0.3) is 0 Å². The molecular formula is C3N6O4. The predicted octanol–water partition coefficient (Wildman–Crippen LogP) is -1.06. The Morgan fingerprint density at radius 1 is 1.15 bits per heavy atom. The van der Waals surface area contributed by atoms with Crippen LogP contribution in [0, 0.1) is 20.2 Å². The SMILES string of the molecule is [N-]=[N+]=C1N=C([N+](=O)[O-])C([N+](=O)[O-])=N1. The average Bonchev–Trinajstić information content (AvgIpc) is 2.47. The molecule has 0 saturated heterocycles. The van der Waals surface area contributed by atoms with Crippen molar-refractivity contribution >= 4 is 17.6 Å². The van der Waals surface area contributed by atoms with Crippen LogP contribution in [0.25, 0.3) is 5.53 Å². The Balaban J connectivity index is 3.24. The maximum atomic E-state index is 10.1. The molecule has 0 saturated carbocycles. The van der Waals surface area contributed by atoms with E-state index in [0.717, 1.165) is 0 Å². The number of nitrogens with zero attached hydrogens (tertiary/aromatic N) is 6. The minimum Gasteiger partial charge on any atom is -0.541 e. The van der Waals surface area contributed by atoms with Crippen molar-refractivity contribution in [1.82, 2.24) is 0 Å². The molecule has 66 valence electrons. The van der Waals surface area contributed by atoms with Crippen molar-refractivity contribution in [2.75, 3.05) is 0 Å². The van der Waals surface area contributed by atoms with Crippen LogP contribution >= 0.6 is 0 Å². The molecule has 10 nitrogen and oxygen atoms in total. The fourth-order valence-electron chi connectivity index (χ4n) is 0.604. The lowest BCUT2D eigenvalue weighted by Gasteiger charge is -1.89. The summed E-state index contributed by atoms with van der Waals surface area (Å²) in [7, 11) is 0. The van der Waals surface area contributed by atoms with E-state index >= 15 is 0 Å². The molecule has 0 N–H and O–H groups in total. The Bertz CT molecular complexity index is 368.